The van der Waals surface area contributed by atoms with Crippen LogP contribution in [-0.2, 0) is 6.54 Å². The zero-order chi connectivity index (χ0) is 13.1. The summed E-state index contributed by atoms with van der Waals surface area (Å²) in [5.74, 6) is -1.02. The second kappa shape index (κ2) is 5.56. The first-order chi connectivity index (χ1) is 8.56. The lowest BCUT2D eigenvalue weighted by molar-refractivity contribution is 0.0696. The fourth-order valence-corrected chi connectivity index (χ4v) is 2.32. The number of rotatable bonds is 4. The van der Waals surface area contributed by atoms with Crippen LogP contribution in [0.15, 0.2) is 23.6 Å². The Hall–Kier alpha value is -1.30. The number of carboxylic acid groups (broad SMARTS) is 1. The minimum atomic E-state index is -1.02. The van der Waals surface area contributed by atoms with Gasteiger partial charge >= 0.3 is 5.97 Å². The van der Waals surface area contributed by atoms with Crippen LogP contribution in [-0.4, -0.2) is 16.1 Å². The Morgan fingerprint density at radius 1 is 1.44 bits per heavy atom. The highest BCUT2D eigenvalue weighted by atomic mass is 35.5. The average Bonchev–Trinajstić information content (AvgIpc) is 2.79. The Kier molecular flexibility index (Phi) is 4.06. The van der Waals surface area contributed by atoms with Crippen LogP contribution in [0.1, 0.15) is 15.5 Å². The minimum Gasteiger partial charge on any atom is -0.476 e. The van der Waals surface area contributed by atoms with Crippen LogP contribution in [0, 0.1) is 0 Å². The van der Waals surface area contributed by atoms with Crippen molar-refractivity contribution in [1.82, 2.24) is 4.98 Å². The third-order valence-electron chi connectivity index (χ3n) is 2.12. The summed E-state index contributed by atoms with van der Waals surface area (Å²) in [7, 11) is 0. The molecule has 0 saturated heterocycles. The number of aromatic carboxylic acids is 1. The predicted octanol–water partition coefficient (Wildman–Crippen LogP) is 3.76. The number of anilines is 1. The van der Waals surface area contributed by atoms with Crippen molar-refractivity contribution in [3.05, 3.63) is 44.3 Å². The van der Waals surface area contributed by atoms with Crippen molar-refractivity contribution in [3.8, 4) is 0 Å². The number of aromatic nitrogens is 1. The molecular formula is C11H8Cl2N2O2S. The van der Waals surface area contributed by atoms with Gasteiger partial charge in [-0.1, -0.05) is 23.2 Å². The quantitative estimate of drug-likeness (QED) is 0.902. The van der Waals surface area contributed by atoms with Gasteiger partial charge in [0.2, 0.25) is 5.01 Å². The van der Waals surface area contributed by atoms with Crippen LogP contribution in [0.2, 0.25) is 10.0 Å². The first-order valence-electron chi connectivity index (χ1n) is 4.93. The summed E-state index contributed by atoms with van der Waals surface area (Å²) in [6.07, 6.45) is 0. The van der Waals surface area contributed by atoms with E-state index in [4.69, 9.17) is 28.3 Å². The van der Waals surface area contributed by atoms with E-state index in [0.29, 0.717) is 28.0 Å². The van der Waals surface area contributed by atoms with Crippen molar-refractivity contribution in [2.75, 3.05) is 5.32 Å². The lowest BCUT2D eigenvalue weighted by Gasteiger charge is -2.06. The van der Waals surface area contributed by atoms with E-state index in [2.05, 4.69) is 10.3 Å². The monoisotopic (exact) mass is 302 g/mol. The van der Waals surface area contributed by atoms with Gasteiger partial charge < -0.3 is 10.4 Å². The molecule has 18 heavy (non-hydrogen) atoms. The first-order valence-corrected chi connectivity index (χ1v) is 6.56. The van der Waals surface area contributed by atoms with Gasteiger partial charge in [-0.05, 0) is 18.2 Å². The number of nitrogens with one attached hydrogen (secondary N) is 1. The van der Waals surface area contributed by atoms with Gasteiger partial charge in [0.1, 0.15) is 0 Å². The molecule has 0 aliphatic carbocycles. The SMILES string of the molecule is O=C(O)c1nc(CNc2cc(Cl)ccc2Cl)cs1. The number of carbonyl (C=O) groups is 1. The molecular weight excluding hydrogens is 295 g/mol. The van der Waals surface area contributed by atoms with Gasteiger partial charge in [-0.15, -0.1) is 11.3 Å². The fraction of sp³-hybridized carbons (Fsp3) is 0.0909. The molecule has 0 atom stereocenters. The molecule has 2 aromatic rings. The molecule has 94 valence electrons. The van der Waals surface area contributed by atoms with Crippen LogP contribution in [0.3, 0.4) is 0 Å². The van der Waals surface area contributed by atoms with E-state index in [0.717, 1.165) is 11.3 Å². The van der Waals surface area contributed by atoms with Gasteiger partial charge in [-0.3, -0.25) is 0 Å². The van der Waals surface area contributed by atoms with E-state index >= 15 is 0 Å². The van der Waals surface area contributed by atoms with E-state index in [1.165, 1.54) is 0 Å². The molecule has 0 aliphatic heterocycles. The summed E-state index contributed by atoms with van der Waals surface area (Å²) in [6, 6.07) is 5.09. The molecule has 0 amide bonds. The number of carboxylic acids is 1. The van der Waals surface area contributed by atoms with E-state index in [9.17, 15) is 4.79 Å². The highest BCUT2D eigenvalue weighted by Gasteiger charge is 2.09. The second-order valence-corrected chi connectivity index (χ2v) is 5.13. The van der Waals surface area contributed by atoms with Crippen molar-refractivity contribution in [2.45, 2.75) is 6.54 Å². The van der Waals surface area contributed by atoms with E-state index in [1.807, 2.05) is 0 Å². The van der Waals surface area contributed by atoms with Gasteiger partial charge in [0, 0.05) is 10.4 Å². The zero-order valence-electron chi connectivity index (χ0n) is 8.98. The predicted molar refractivity (Wildman–Crippen MR) is 72.9 cm³/mol. The number of nitrogens with zero attached hydrogens (tertiary/aromatic N) is 1. The molecule has 0 unspecified atom stereocenters. The molecule has 2 N–H and O–H groups in total. The fourth-order valence-electron chi connectivity index (χ4n) is 1.31. The maximum Gasteiger partial charge on any atom is 0.365 e. The second-order valence-electron chi connectivity index (χ2n) is 3.43. The maximum absolute atomic E-state index is 10.7. The van der Waals surface area contributed by atoms with Gasteiger partial charge in [-0.25, -0.2) is 9.78 Å². The Balaban J connectivity index is 2.06. The van der Waals surface area contributed by atoms with E-state index < -0.39 is 5.97 Å². The molecule has 1 heterocycles. The van der Waals surface area contributed by atoms with E-state index in [1.54, 1.807) is 23.6 Å². The van der Waals surface area contributed by atoms with Crippen molar-refractivity contribution in [2.24, 2.45) is 0 Å². The summed E-state index contributed by atoms with van der Waals surface area (Å²) in [5.41, 5.74) is 1.34. The van der Waals surface area contributed by atoms with Crippen LogP contribution < -0.4 is 5.32 Å². The molecule has 0 bridgehead atoms. The molecule has 0 saturated carbocycles. The van der Waals surface area contributed by atoms with Crippen LogP contribution in [0.4, 0.5) is 5.69 Å². The molecule has 0 fully saturated rings. The topological polar surface area (TPSA) is 62.2 Å². The summed E-state index contributed by atoms with van der Waals surface area (Å²) in [5, 5.41) is 14.7. The third-order valence-corrected chi connectivity index (χ3v) is 3.57. The van der Waals surface area contributed by atoms with Crippen molar-refractivity contribution >= 4 is 46.2 Å². The van der Waals surface area contributed by atoms with E-state index in [-0.39, 0.29) is 5.01 Å². The Morgan fingerprint density at radius 2 is 2.22 bits per heavy atom. The largest absolute Gasteiger partial charge is 0.476 e. The summed E-state index contributed by atoms with van der Waals surface area (Å²) >= 11 is 12.9. The lowest BCUT2D eigenvalue weighted by Crippen LogP contribution is -2.02. The molecule has 0 radical (unpaired) electrons. The summed E-state index contributed by atoms with van der Waals surface area (Å²) in [6.45, 7) is 0.393. The standard InChI is InChI=1S/C11H8Cl2N2O2S/c12-6-1-2-8(13)9(3-6)14-4-7-5-18-10(15-7)11(16)17/h1-3,5,14H,4H2,(H,16,17). The molecule has 1 aromatic carbocycles. The number of benzene rings is 1. The molecule has 4 nitrogen and oxygen atoms in total. The number of hydrogen-bond acceptors (Lipinski definition) is 4. The van der Waals surface area contributed by atoms with Crippen molar-refractivity contribution in [1.29, 1.82) is 0 Å². The lowest BCUT2D eigenvalue weighted by atomic mass is 10.3. The third kappa shape index (κ3) is 3.13. The van der Waals surface area contributed by atoms with Crippen LogP contribution in [0.25, 0.3) is 0 Å². The molecule has 0 aliphatic rings. The molecule has 0 spiro atoms. The smallest absolute Gasteiger partial charge is 0.365 e. The Morgan fingerprint density at radius 3 is 2.89 bits per heavy atom. The highest BCUT2D eigenvalue weighted by Crippen LogP contribution is 2.25. The Bertz CT molecular complexity index is 586. The average molecular weight is 303 g/mol. The molecule has 1 aromatic heterocycles. The van der Waals surface area contributed by atoms with Crippen molar-refractivity contribution < 1.29 is 9.90 Å². The Labute approximate surface area is 117 Å². The summed E-state index contributed by atoms with van der Waals surface area (Å²) in [4.78, 5) is 14.6. The summed E-state index contributed by atoms with van der Waals surface area (Å²) < 4.78 is 0. The van der Waals surface area contributed by atoms with Crippen molar-refractivity contribution in [3.63, 3.8) is 0 Å². The first kappa shape index (κ1) is 13.1. The maximum atomic E-state index is 10.7. The minimum absolute atomic E-state index is 0.0731. The van der Waals surface area contributed by atoms with Gasteiger partial charge in [0.25, 0.3) is 0 Å². The zero-order valence-corrected chi connectivity index (χ0v) is 11.3. The van der Waals surface area contributed by atoms with Gasteiger partial charge in [0.15, 0.2) is 0 Å². The molecule has 2 rings (SSSR count). The normalized spacial score (nSPS) is 10.3. The number of thiazole rings is 1. The number of halogens is 2. The number of hydrogen-bond donors (Lipinski definition) is 2. The molecule has 7 heteroatoms. The van der Waals surface area contributed by atoms with Gasteiger partial charge in [0.05, 0.1) is 22.9 Å². The highest BCUT2D eigenvalue weighted by molar-refractivity contribution is 7.11. The van der Waals surface area contributed by atoms with Crippen LogP contribution >= 0.6 is 34.5 Å². The van der Waals surface area contributed by atoms with Crippen LogP contribution in [0.5, 0.6) is 0 Å². The van der Waals surface area contributed by atoms with Gasteiger partial charge in [-0.2, -0.15) is 0 Å².